The molecule has 11 heavy (non-hydrogen) atoms. The molecule has 0 saturated carbocycles. The summed E-state index contributed by atoms with van der Waals surface area (Å²) < 4.78 is 8.31. The van der Waals surface area contributed by atoms with Gasteiger partial charge in [0.05, 0.1) is 6.79 Å². The predicted octanol–water partition coefficient (Wildman–Crippen LogP) is -0.194. The van der Waals surface area contributed by atoms with E-state index in [0.29, 0.717) is 0 Å². The Morgan fingerprint density at radius 3 is 1.00 bits per heavy atom. The molecule has 0 amide bonds. The molecule has 0 rings (SSSR count). The molecule has 0 heterocycles. The first-order valence-corrected chi connectivity index (χ1v) is 1.15. The fourth-order valence-corrected chi connectivity index (χ4v) is 0.0589. The van der Waals surface area contributed by atoms with Gasteiger partial charge in [-0.2, -0.15) is 0 Å². The maximum atomic E-state index is 4.16. The number of ether oxygens (including phenoxy) is 2. The van der Waals surface area contributed by atoms with Crippen LogP contribution in [0.15, 0.2) is 0 Å². The second kappa shape index (κ2) is 70.2. The summed E-state index contributed by atoms with van der Waals surface area (Å²) in [5.74, 6) is 0. The SMILES string of the molecule is O.O.[CH2-]OCO[CH2-].[CH3-].[CH3-].[Cr+2].[Cr+2]. The van der Waals surface area contributed by atoms with E-state index in [1.54, 1.807) is 0 Å². The molecule has 0 bridgehead atoms. The van der Waals surface area contributed by atoms with Crippen LogP contribution in [0.5, 0.6) is 0 Å². The molecule has 0 saturated heterocycles. The van der Waals surface area contributed by atoms with Gasteiger partial charge in [0.1, 0.15) is 0 Å². The van der Waals surface area contributed by atoms with Gasteiger partial charge in [-0.25, -0.2) is 14.2 Å². The third-order valence-electron chi connectivity index (χ3n) is 0.167. The first-order valence-electron chi connectivity index (χ1n) is 1.15. The summed E-state index contributed by atoms with van der Waals surface area (Å²) in [5.41, 5.74) is 0. The zero-order valence-electron chi connectivity index (χ0n) is 6.75. The summed E-state index contributed by atoms with van der Waals surface area (Å²) in [5, 5.41) is 0. The van der Waals surface area contributed by atoms with E-state index in [1.807, 2.05) is 0 Å². The van der Waals surface area contributed by atoms with Gasteiger partial charge >= 0.3 is 34.7 Å². The quantitative estimate of drug-likeness (QED) is 0.498. The molecule has 0 atom stereocenters. The van der Waals surface area contributed by atoms with Crippen LogP contribution in [0.4, 0.5) is 0 Å². The van der Waals surface area contributed by atoms with Crippen LogP contribution < -0.4 is 0 Å². The minimum absolute atomic E-state index is 0. The molecule has 0 aromatic rings. The first kappa shape index (κ1) is 58.8. The van der Waals surface area contributed by atoms with Crippen molar-refractivity contribution in [3.8, 4) is 0 Å². The fourth-order valence-electron chi connectivity index (χ4n) is 0.0589. The van der Waals surface area contributed by atoms with Crippen molar-refractivity contribution in [3.05, 3.63) is 29.1 Å². The van der Waals surface area contributed by atoms with Crippen LogP contribution in [0.1, 0.15) is 0 Å². The van der Waals surface area contributed by atoms with Crippen LogP contribution in [-0.4, -0.2) is 17.7 Å². The van der Waals surface area contributed by atoms with E-state index in [1.165, 1.54) is 0 Å². The average Bonchev–Trinajstić information content (AvgIpc) is 1.41. The van der Waals surface area contributed by atoms with Gasteiger partial charge in [0, 0.05) is 0 Å². The molecule has 72 valence electrons. The summed E-state index contributed by atoms with van der Waals surface area (Å²) in [6, 6.07) is 0. The van der Waals surface area contributed by atoms with Gasteiger partial charge in [-0.15, -0.1) is 0 Å². The molecular formula is C5H16Cr2O4. The number of hydrogen-bond donors (Lipinski definition) is 0. The average molecular weight is 244 g/mol. The second-order valence-corrected chi connectivity index (χ2v) is 0.526. The topological polar surface area (TPSA) is 81.5 Å². The summed E-state index contributed by atoms with van der Waals surface area (Å²) in [6.45, 7) is 0.167. The standard InChI is InChI=1S/C3H6O2.2CH3.2Cr.2H2O/c1-4-3-5-2;;;;;;/h1-3H2;2*1H3;;;2*1H2/q-2;2*-1;2*+2;;. The maximum Gasteiger partial charge on any atom is 2.00 e. The van der Waals surface area contributed by atoms with Crippen molar-refractivity contribution in [2.24, 2.45) is 0 Å². The normalized spacial score (nSPS) is 3.82. The molecule has 6 heteroatoms. The third-order valence-corrected chi connectivity index (χ3v) is 0.167. The Bertz CT molecular complexity index is 24.0. The van der Waals surface area contributed by atoms with Gasteiger partial charge in [0.2, 0.25) is 0 Å². The van der Waals surface area contributed by atoms with Crippen LogP contribution in [0.3, 0.4) is 0 Å². The molecule has 0 aromatic heterocycles. The molecule has 0 fully saturated rings. The van der Waals surface area contributed by atoms with Crippen molar-refractivity contribution >= 4 is 0 Å². The summed E-state index contributed by atoms with van der Waals surface area (Å²) in [4.78, 5) is 0. The van der Waals surface area contributed by atoms with E-state index < -0.39 is 0 Å². The van der Waals surface area contributed by atoms with Crippen LogP contribution >= 0.6 is 0 Å². The predicted molar refractivity (Wildman–Crippen MR) is 37.8 cm³/mol. The van der Waals surface area contributed by atoms with Crippen molar-refractivity contribution < 1.29 is 55.1 Å². The molecule has 4 nitrogen and oxygen atoms in total. The largest absolute Gasteiger partial charge is 2.00 e. The molecule has 0 aromatic carbocycles. The second-order valence-electron chi connectivity index (χ2n) is 0.526. The summed E-state index contributed by atoms with van der Waals surface area (Å²) >= 11 is 0. The first-order chi connectivity index (χ1) is 2.41. The van der Waals surface area contributed by atoms with Crippen molar-refractivity contribution in [1.82, 2.24) is 0 Å². The van der Waals surface area contributed by atoms with Crippen molar-refractivity contribution in [3.63, 3.8) is 0 Å². The summed E-state index contributed by atoms with van der Waals surface area (Å²) in [7, 11) is 6.02. The smallest absolute Gasteiger partial charge is 0.537 e. The van der Waals surface area contributed by atoms with Gasteiger partial charge < -0.3 is 35.3 Å². The molecular weight excluding hydrogens is 228 g/mol. The minimum Gasteiger partial charge on any atom is -0.537 e. The van der Waals surface area contributed by atoms with E-state index >= 15 is 0 Å². The number of rotatable bonds is 2. The van der Waals surface area contributed by atoms with Crippen LogP contribution in [0.25, 0.3) is 0 Å². The molecule has 4 N–H and O–H groups in total. The Morgan fingerprint density at radius 1 is 0.818 bits per heavy atom. The van der Waals surface area contributed by atoms with E-state index in [4.69, 9.17) is 0 Å². The molecule has 0 unspecified atom stereocenters. The monoisotopic (exact) mass is 244 g/mol. The summed E-state index contributed by atoms with van der Waals surface area (Å²) in [6.07, 6.45) is 0. The fraction of sp³-hybridized carbons (Fsp3) is 0.200. The van der Waals surface area contributed by atoms with Gasteiger partial charge in [0.15, 0.2) is 0 Å². The van der Waals surface area contributed by atoms with Gasteiger partial charge in [-0.3, -0.25) is 0 Å². The Kier molecular flexibility index (Phi) is 375. The van der Waals surface area contributed by atoms with Crippen LogP contribution in [0, 0.1) is 29.1 Å². The number of hydrogen-bond acceptors (Lipinski definition) is 2. The van der Waals surface area contributed by atoms with Crippen molar-refractivity contribution in [2.45, 2.75) is 0 Å². The van der Waals surface area contributed by atoms with Crippen LogP contribution in [0.2, 0.25) is 0 Å². The van der Waals surface area contributed by atoms with E-state index in [-0.39, 0.29) is 67.3 Å². The molecule has 0 aliphatic rings. The molecule has 0 aliphatic carbocycles. The Morgan fingerprint density at radius 2 is 1.00 bits per heavy atom. The molecule has 0 radical (unpaired) electrons. The van der Waals surface area contributed by atoms with Gasteiger partial charge in [-0.1, -0.05) is 0 Å². The van der Waals surface area contributed by atoms with Gasteiger partial charge in [0.25, 0.3) is 0 Å². The van der Waals surface area contributed by atoms with Crippen LogP contribution in [-0.2, 0) is 44.2 Å². The molecule has 0 aliphatic heterocycles. The van der Waals surface area contributed by atoms with E-state index in [0.717, 1.165) is 0 Å². The van der Waals surface area contributed by atoms with E-state index in [2.05, 4.69) is 23.7 Å². The van der Waals surface area contributed by atoms with E-state index in [9.17, 15) is 0 Å². The minimum atomic E-state index is 0. The van der Waals surface area contributed by atoms with Crippen molar-refractivity contribution in [2.75, 3.05) is 6.79 Å². The maximum absolute atomic E-state index is 4.16. The Hall–Kier alpha value is 0.905. The Balaban J connectivity index is -0.00000000533. The zero-order valence-corrected chi connectivity index (χ0v) is 9.30. The zero-order chi connectivity index (χ0) is 4.12. The molecule has 0 spiro atoms. The third kappa shape index (κ3) is 102. The van der Waals surface area contributed by atoms with Gasteiger partial charge in [-0.05, 0) is 0 Å². The van der Waals surface area contributed by atoms with Crippen molar-refractivity contribution in [1.29, 1.82) is 0 Å². The Labute approximate surface area is 91.1 Å².